The van der Waals surface area contributed by atoms with Crippen molar-refractivity contribution in [2.45, 2.75) is 6.54 Å². The van der Waals surface area contributed by atoms with Crippen LogP contribution in [0.15, 0.2) is 35.2 Å². The van der Waals surface area contributed by atoms with Gasteiger partial charge in [-0.15, -0.1) is 0 Å². The van der Waals surface area contributed by atoms with Crippen molar-refractivity contribution in [1.82, 2.24) is 9.55 Å². The zero-order valence-corrected chi connectivity index (χ0v) is 9.41. The van der Waals surface area contributed by atoms with E-state index in [2.05, 4.69) is 20.9 Å². The number of hydrogen-bond donors (Lipinski definition) is 1. The van der Waals surface area contributed by atoms with Crippen LogP contribution in [0.2, 0.25) is 0 Å². The fourth-order valence-electron chi connectivity index (χ4n) is 1.36. The quantitative estimate of drug-likeness (QED) is 0.909. The zero-order chi connectivity index (χ0) is 10.8. The van der Waals surface area contributed by atoms with Crippen molar-refractivity contribution in [3.63, 3.8) is 0 Å². The number of benzene rings is 1. The fraction of sp³-hybridized carbons (Fsp3) is 0.100. The van der Waals surface area contributed by atoms with Crippen molar-refractivity contribution < 1.29 is 4.39 Å². The summed E-state index contributed by atoms with van der Waals surface area (Å²) in [6, 6.07) is 4.74. The first-order chi connectivity index (χ1) is 7.22. The summed E-state index contributed by atoms with van der Waals surface area (Å²) in [5.41, 5.74) is 6.74. The van der Waals surface area contributed by atoms with E-state index in [9.17, 15) is 4.39 Å². The summed E-state index contributed by atoms with van der Waals surface area (Å²) in [6.45, 7) is 0.325. The third kappa shape index (κ3) is 1.93. The Morgan fingerprint density at radius 2 is 2.27 bits per heavy atom. The molecular formula is C10H9BrFN3. The maximum absolute atomic E-state index is 13.5. The van der Waals surface area contributed by atoms with Gasteiger partial charge < -0.3 is 5.73 Å². The Kier molecular flexibility index (Phi) is 2.83. The van der Waals surface area contributed by atoms with Crippen LogP contribution in [0.4, 0.5) is 4.39 Å². The van der Waals surface area contributed by atoms with E-state index in [4.69, 9.17) is 5.73 Å². The van der Waals surface area contributed by atoms with E-state index in [0.29, 0.717) is 12.2 Å². The van der Waals surface area contributed by atoms with E-state index in [1.54, 1.807) is 29.2 Å². The number of nitrogens with zero attached hydrogens (tertiary/aromatic N) is 2. The Bertz CT molecular complexity index is 481. The molecule has 0 aliphatic heterocycles. The van der Waals surface area contributed by atoms with Crippen molar-refractivity contribution in [2.24, 2.45) is 5.73 Å². The number of nitrogens with two attached hydrogens (primary N) is 1. The molecule has 15 heavy (non-hydrogen) atoms. The summed E-state index contributed by atoms with van der Waals surface area (Å²) in [4.78, 5) is 3.94. The van der Waals surface area contributed by atoms with Crippen LogP contribution in [0.25, 0.3) is 5.69 Å². The molecule has 2 N–H and O–H groups in total. The van der Waals surface area contributed by atoms with Crippen molar-refractivity contribution in [1.29, 1.82) is 0 Å². The standard InChI is InChI=1S/C10H9BrFN3/c11-7-1-2-9(12)10(3-7)15-6-14-5-8(15)4-13/h1-3,5-6H,4,13H2. The van der Waals surface area contributed by atoms with Crippen LogP contribution in [0, 0.1) is 5.82 Å². The van der Waals surface area contributed by atoms with Crippen LogP contribution in [0.3, 0.4) is 0 Å². The summed E-state index contributed by atoms with van der Waals surface area (Å²) in [6.07, 6.45) is 3.17. The van der Waals surface area contributed by atoms with Crippen molar-refractivity contribution in [3.05, 3.63) is 46.7 Å². The second-order valence-corrected chi connectivity index (χ2v) is 3.97. The minimum atomic E-state index is -0.300. The van der Waals surface area contributed by atoms with E-state index in [1.165, 1.54) is 6.07 Å². The molecule has 78 valence electrons. The number of halogens is 2. The van der Waals surface area contributed by atoms with Gasteiger partial charge in [0.1, 0.15) is 5.82 Å². The average molecular weight is 270 g/mol. The molecule has 1 aromatic heterocycles. The van der Waals surface area contributed by atoms with Gasteiger partial charge in [-0.3, -0.25) is 4.57 Å². The first-order valence-corrected chi connectivity index (χ1v) is 5.18. The molecule has 0 saturated carbocycles. The van der Waals surface area contributed by atoms with Gasteiger partial charge in [-0.25, -0.2) is 9.37 Å². The van der Waals surface area contributed by atoms with Gasteiger partial charge in [0.25, 0.3) is 0 Å². The molecule has 0 bridgehead atoms. The Morgan fingerprint density at radius 1 is 1.47 bits per heavy atom. The molecule has 0 amide bonds. The Balaban J connectivity index is 2.58. The molecule has 1 heterocycles. The van der Waals surface area contributed by atoms with Crippen LogP contribution in [-0.2, 0) is 6.54 Å². The summed E-state index contributed by atoms with van der Waals surface area (Å²) in [5.74, 6) is -0.300. The normalized spacial score (nSPS) is 10.6. The van der Waals surface area contributed by atoms with Gasteiger partial charge in [-0.1, -0.05) is 15.9 Å². The third-order valence-electron chi connectivity index (χ3n) is 2.09. The Morgan fingerprint density at radius 3 is 3.00 bits per heavy atom. The molecule has 0 fully saturated rings. The van der Waals surface area contributed by atoms with Crippen LogP contribution in [-0.4, -0.2) is 9.55 Å². The first kappa shape index (κ1) is 10.3. The SMILES string of the molecule is NCc1cncn1-c1cc(Br)ccc1F. The van der Waals surface area contributed by atoms with Gasteiger partial charge in [-0.2, -0.15) is 0 Å². The molecule has 2 rings (SSSR count). The molecule has 0 aliphatic rings. The predicted molar refractivity (Wildman–Crippen MR) is 59.1 cm³/mol. The lowest BCUT2D eigenvalue weighted by molar-refractivity contribution is 0.615. The van der Waals surface area contributed by atoms with Crippen molar-refractivity contribution in [2.75, 3.05) is 0 Å². The molecule has 1 aromatic carbocycles. The first-order valence-electron chi connectivity index (χ1n) is 4.39. The van der Waals surface area contributed by atoms with Gasteiger partial charge in [0.15, 0.2) is 0 Å². The van der Waals surface area contributed by atoms with Crippen molar-refractivity contribution >= 4 is 15.9 Å². The van der Waals surface area contributed by atoms with Crippen LogP contribution >= 0.6 is 15.9 Å². The number of imidazole rings is 1. The molecule has 0 spiro atoms. The summed E-state index contributed by atoms with van der Waals surface area (Å²) < 4.78 is 16.0. The minimum absolute atomic E-state index is 0.300. The van der Waals surface area contributed by atoms with Crippen molar-refractivity contribution in [3.8, 4) is 5.69 Å². The molecular weight excluding hydrogens is 261 g/mol. The van der Waals surface area contributed by atoms with Gasteiger partial charge in [-0.05, 0) is 18.2 Å². The smallest absolute Gasteiger partial charge is 0.147 e. The summed E-state index contributed by atoms with van der Waals surface area (Å²) >= 11 is 3.30. The molecule has 0 atom stereocenters. The highest BCUT2D eigenvalue weighted by Gasteiger charge is 2.08. The molecule has 0 radical (unpaired) electrons. The zero-order valence-electron chi connectivity index (χ0n) is 7.82. The maximum Gasteiger partial charge on any atom is 0.147 e. The Labute approximate surface area is 94.9 Å². The maximum atomic E-state index is 13.5. The van der Waals surface area contributed by atoms with E-state index >= 15 is 0 Å². The topological polar surface area (TPSA) is 43.8 Å². The molecule has 2 aromatic rings. The largest absolute Gasteiger partial charge is 0.325 e. The van der Waals surface area contributed by atoms with E-state index in [1.807, 2.05) is 0 Å². The minimum Gasteiger partial charge on any atom is -0.325 e. The predicted octanol–water partition coefficient (Wildman–Crippen LogP) is 2.23. The van der Waals surface area contributed by atoms with Crippen LogP contribution < -0.4 is 5.73 Å². The lowest BCUT2D eigenvalue weighted by Crippen LogP contribution is -2.06. The lowest BCUT2D eigenvalue weighted by Gasteiger charge is -2.07. The third-order valence-corrected chi connectivity index (χ3v) is 2.59. The van der Waals surface area contributed by atoms with E-state index in [0.717, 1.165) is 10.2 Å². The molecule has 0 saturated heterocycles. The second kappa shape index (κ2) is 4.12. The van der Waals surface area contributed by atoms with Gasteiger partial charge in [0.2, 0.25) is 0 Å². The fourth-order valence-corrected chi connectivity index (χ4v) is 1.71. The number of rotatable bonds is 2. The van der Waals surface area contributed by atoms with Gasteiger partial charge in [0, 0.05) is 17.2 Å². The highest BCUT2D eigenvalue weighted by Crippen LogP contribution is 2.20. The second-order valence-electron chi connectivity index (χ2n) is 3.05. The Hall–Kier alpha value is -1.20. The van der Waals surface area contributed by atoms with Gasteiger partial charge in [0.05, 0.1) is 17.7 Å². The molecule has 3 nitrogen and oxygen atoms in total. The highest BCUT2D eigenvalue weighted by atomic mass is 79.9. The van der Waals surface area contributed by atoms with E-state index < -0.39 is 0 Å². The summed E-state index contributed by atoms with van der Waals surface area (Å²) in [5, 5.41) is 0. The summed E-state index contributed by atoms with van der Waals surface area (Å²) in [7, 11) is 0. The number of hydrogen-bond acceptors (Lipinski definition) is 2. The number of aromatic nitrogens is 2. The van der Waals surface area contributed by atoms with E-state index in [-0.39, 0.29) is 5.82 Å². The van der Waals surface area contributed by atoms with Crippen LogP contribution in [0.1, 0.15) is 5.69 Å². The monoisotopic (exact) mass is 269 g/mol. The molecule has 0 aliphatic carbocycles. The highest BCUT2D eigenvalue weighted by molar-refractivity contribution is 9.10. The van der Waals surface area contributed by atoms with Gasteiger partial charge >= 0.3 is 0 Å². The molecule has 0 unspecified atom stereocenters. The van der Waals surface area contributed by atoms with Crippen LogP contribution in [0.5, 0.6) is 0 Å². The average Bonchev–Trinajstić information content (AvgIpc) is 2.69. The lowest BCUT2D eigenvalue weighted by atomic mass is 10.3. The molecule has 5 heteroatoms.